The molecule has 2 aromatic carbocycles. The maximum atomic E-state index is 13.5. The number of para-hydroxylation sites is 1. The molecule has 0 radical (unpaired) electrons. The van der Waals surface area contributed by atoms with E-state index in [-0.39, 0.29) is 12.1 Å². The smallest absolute Gasteiger partial charge is 0.331 e. The van der Waals surface area contributed by atoms with E-state index < -0.39 is 6.23 Å². The fourth-order valence-electron chi connectivity index (χ4n) is 5.17. The Bertz CT molecular complexity index is 1420. The zero-order valence-corrected chi connectivity index (χ0v) is 20.8. The molecule has 184 valence electrons. The standard InChI is InChI=1S/C28H28N4O3S/c1-17-16-20(35-19-10-6-3-7-11-19)12-13-21(17)32-22-14-15-29-27-23(22)24(31-28(32)34)25(36-27)26(33)30-18-8-4-2-5-9-18/h3,6-7,10-16,18,26,30,33H,2,4-5,8-9H2,1H3,(H,31,34). The first-order valence-electron chi connectivity index (χ1n) is 12.4. The van der Waals surface area contributed by atoms with E-state index in [0.717, 1.165) is 45.7 Å². The van der Waals surface area contributed by atoms with Gasteiger partial charge in [-0.2, -0.15) is 0 Å². The summed E-state index contributed by atoms with van der Waals surface area (Å²) in [7, 11) is 0. The Morgan fingerprint density at radius 3 is 2.67 bits per heavy atom. The maximum absolute atomic E-state index is 13.5. The molecule has 2 amide bonds. The van der Waals surface area contributed by atoms with Crippen molar-refractivity contribution < 1.29 is 14.6 Å². The highest BCUT2D eigenvalue weighted by molar-refractivity contribution is 7.19. The molecule has 1 saturated carbocycles. The minimum Gasteiger partial charge on any atom is -0.457 e. The number of thiophene rings is 1. The number of aromatic nitrogens is 1. The molecule has 2 aromatic heterocycles. The number of anilines is 3. The number of benzene rings is 2. The lowest BCUT2D eigenvalue weighted by Gasteiger charge is -2.30. The summed E-state index contributed by atoms with van der Waals surface area (Å²) in [5.41, 5.74) is 3.07. The maximum Gasteiger partial charge on any atom is 0.331 e. The van der Waals surface area contributed by atoms with E-state index in [1.165, 1.54) is 30.6 Å². The lowest BCUT2D eigenvalue weighted by Crippen LogP contribution is -2.36. The number of hydrogen-bond acceptors (Lipinski definition) is 6. The van der Waals surface area contributed by atoms with Crippen LogP contribution < -0.4 is 20.3 Å². The predicted octanol–water partition coefficient (Wildman–Crippen LogP) is 6.99. The molecule has 1 unspecified atom stereocenters. The second-order valence-corrected chi connectivity index (χ2v) is 10.4. The highest BCUT2D eigenvalue weighted by Gasteiger charge is 2.33. The average molecular weight is 501 g/mol. The molecule has 1 aliphatic heterocycles. The van der Waals surface area contributed by atoms with E-state index >= 15 is 0 Å². The minimum absolute atomic E-state index is 0.264. The van der Waals surface area contributed by atoms with Gasteiger partial charge in [0.1, 0.15) is 22.6 Å². The molecular formula is C28H28N4O3S. The molecule has 8 heteroatoms. The molecule has 36 heavy (non-hydrogen) atoms. The van der Waals surface area contributed by atoms with Gasteiger partial charge in [-0.15, -0.1) is 11.3 Å². The SMILES string of the molecule is Cc1cc(Oc2ccccc2)ccc1N1C(=O)Nc2c(C(O)NC3CCCCC3)sc3nccc1c23. The number of amides is 2. The lowest BCUT2D eigenvalue weighted by molar-refractivity contribution is 0.118. The highest BCUT2D eigenvalue weighted by Crippen LogP contribution is 2.48. The summed E-state index contributed by atoms with van der Waals surface area (Å²) in [4.78, 5) is 21.2. The van der Waals surface area contributed by atoms with E-state index in [1.807, 2.05) is 61.5 Å². The Kier molecular flexibility index (Phi) is 6.08. The number of carbonyl (C=O) groups excluding carboxylic acids is 1. The number of aryl methyl sites for hydroxylation is 1. The van der Waals surface area contributed by atoms with Crippen LogP contribution in [0.4, 0.5) is 21.9 Å². The van der Waals surface area contributed by atoms with Crippen molar-refractivity contribution >= 4 is 44.6 Å². The number of aliphatic hydroxyl groups excluding tert-OH is 1. The molecule has 0 saturated heterocycles. The molecule has 6 rings (SSSR count). The van der Waals surface area contributed by atoms with Gasteiger partial charge >= 0.3 is 6.03 Å². The molecule has 1 atom stereocenters. The van der Waals surface area contributed by atoms with Crippen LogP contribution >= 0.6 is 11.3 Å². The van der Waals surface area contributed by atoms with Gasteiger partial charge in [0.2, 0.25) is 0 Å². The van der Waals surface area contributed by atoms with Crippen molar-refractivity contribution in [3.05, 3.63) is 71.2 Å². The van der Waals surface area contributed by atoms with E-state index in [2.05, 4.69) is 15.6 Å². The second-order valence-electron chi connectivity index (χ2n) is 9.38. The summed E-state index contributed by atoms with van der Waals surface area (Å²) in [5.74, 6) is 1.46. The number of nitrogens with zero attached hydrogens (tertiary/aromatic N) is 2. The van der Waals surface area contributed by atoms with Crippen LogP contribution in [-0.2, 0) is 0 Å². The van der Waals surface area contributed by atoms with Gasteiger partial charge in [-0.3, -0.25) is 10.2 Å². The minimum atomic E-state index is -0.849. The van der Waals surface area contributed by atoms with Crippen molar-refractivity contribution in [2.24, 2.45) is 0 Å². The van der Waals surface area contributed by atoms with Gasteiger partial charge in [-0.25, -0.2) is 9.78 Å². The van der Waals surface area contributed by atoms with E-state index in [4.69, 9.17) is 4.74 Å². The average Bonchev–Trinajstić information content (AvgIpc) is 3.26. The normalized spacial score (nSPS) is 16.7. The van der Waals surface area contributed by atoms with Crippen LogP contribution in [0.25, 0.3) is 10.2 Å². The summed E-state index contributed by atoms with van der Waals surface area (Å²) in [6, 6.07) is 17.2. The van der Waals surface area contributed by atoms with E-state index in [0.29, 0.717) is 16.3 Å². The monoisotopic (exact) mass is 500 g/mol. The first kappa shape index (κ1) is 23.0. The topological polar surface area (TPSA) is 86.7 Å². The van der Waals surface area contributed by atoms with Crippen molar-refractivity contribution in [1.82, 2.24) is 10.3 Å². The first-order chi connectivity index (χ1) is 17.6. The predicted molar refractivity (Wildman–Crippen MR) is 143 cm³/mol. The third-order valence-corrected chi connectivity index (χ3v) is 8.06. The largest absolute Gasteiger partial charge is 0.457 e. The Morgan fingerprint density at radius 2 is 1.89 bits per heavy atom. The van der Waals surface area contributed by atoms with Crippen molar-refractivity contribution in [3.8, 4) is 11.5 Å². The van der Waals surface area contributed by atoms with Gasteiger partial charge in [0.15, 0.2) is 0 Å². The molecule has 4 aromatic rings. The van der Waals surface area contributed by atoms with Crippen LogP contribution in [0.15, 0.2) is 60.8 Å². The van der Waals surface area contributed by atoms with Crippen LogP contribution in [0, 0.1) is 6.92 Å². The molecule has 1 fully saturated rings. The van der Waals surface area contributed by atoms with Gasteiger partial charge in [-0.05, 0) is 61.7 Å². The molecule has 0 bridgehead atoms. The molecule has 2 aliphatic rings. The Morgan fingerprint density at radius 1 is 1.08 bits per heavy atom. The number of hydrogen-bond donors (Lipinski definition) is 3. The summed E-state index contributed by atoms with van der Waals surface area (Å²) in [5, 5.41) is 18.3. The summed E-state index contributed by atoms with van der Waals surface area (Å²) < 4.78 is 5.97. The molecule has 3 heterocycles. The van der Waals surface area contributed by atoms with Crippen LogP contribution in [0.1, 0.15) is 48.8 Å². The Labute approximate surface area is 213 Å². The first-order valence-corrected chi connectivity index (χ1v) is 13.2. The summed E-state index contributed by atoms with van der Waals surface area (Å²) in [6.45, 7) is 1.96. The number of nitrogens with one attached hydrogen (secondary N) is 2. The lowest BCUT2D eigenvalue weighted by atomic mass is 9.95. The molecule has 1 aliphatic carbocycles. The molecular weight excluding hydrogens is 472 g/mol. The molecule has 7 nitrogen and oxygen atoms in total. The van der Waals surface area contributed by atoms with Crippen molar-refractivity contribution in [2.45, 2.75) is 51.3 Å². The van der Waals surface area contributed by atoms with Gasteiger partial charge in [0.05, 0.1) is 27.3 Å². The second kappa shape index (κ2) is 9.54. The van der Waals surface area contributed by atoms with Crippen LogP contribution in [0.2, 0.25) is 0 Å². The van der Waals surface area contributed by atoms with Crippen molar-refractivity contribution in [1.29, 1.82) is 0 Å². The quantitative estimate of drug-likeness (QED) is 0.248. The fraction of sp³-hybridized carbons (Fsp3) is 0.286. The van der Waals surface area contributed by atoms with Crippen molar-refractivity contribution in [3.63, 3.8) is 0 Å². The zero-order chi connectivity index (χ0) is 24.6. The highest BCUT2D eigenvalue weighted by atomic mass is 32.1. The van der Waals surface area contributed by atoms with Crippen LogP contribution in [0.3, 0.4) is 0 Å². The van der Waals surface area contributed by atoms with E-state index in [9.17, 15) is 9.90 Å². The van der Waals surface area contributed by atoms with Gasteiger partial charge in [0.25, 0.3) is 0 Å². The zero-order valence-electron chi connectivity index (χ0n) is 20.0. The number of rotatable bonds is 6. The molecule has 0 spiro atoms. The van der Waals surface area contributed by atoms with Crippen molar-refractivity contribution in [2.75, 3.05) is 10.2 Å². The third kappa shape index (κ3) is 4.21. The van der Waals surface area contributed by atoms with Gasteiger partial charge < -0.3 is 15.2 Å². The van der Waals surface area contributed by atoms with Crippen LogP contribution in [0.5, 0.6) is 11.5 Å². The summed E-state index contributed by atoms with van der Waals surface area (Å²) in [6.07, 6.45) is 6.59. The number of urea groups is 1. The number of ether oxygens (including phenoxy) is 1. The Hall–Kier alpha value is -3.46. The number of carbonyl (C=O) groups is 1. The summed E-state index contributed by atoms with van der Waals surface area (Å²) >= 11 is 1.42. The van der Waals surface area contributed by atoms with Gasteiger partial charge in [-0.1, -0.05) is 37.5 Å². The number of pyridine rings is 1. The fourth-order valence-corrected chi connectivity index (χ4v) is 6.24. The van der Waals surface area contributed by atoms with Crippen LogP contribution in [-0.4, -0.2) is 22.2 Å². The van der Waals surface area contributed by atoms with Gasteiger partial charge in [0, 0.05) is 12.2 Å². The number of aliphatic hydroxyl groups is 1. The Balaban J connectivity index is 1.34. The molecule has 3 N–H and O–H groups in total. The van der Waals surface area contributed by atoms with E-state index in [1.54, 1.807) is 11.1 Å². The third-order valence-electron chi connectivity index (χ3n) is 6.91.